The maximum absolute atomic E-state index is 13.6. The van der Waals surface area contributed by atoms with Gasteiger partial charge in [-0.2, -0.15) is 0 Å². The Labute approximate surface area is 105 Å². The van der Waals surface area contributed by atoms with E-state index in [1.807, 2.05) is 36.9 Å². The third-order valence-corrected chi connectivity index (χ3v) is 3.07. The van der Waals surface area contributed by atoms with E-state index in [0.29, 0.717) is 12.1 Å². The topological polar surface area (TPSA) is 17.0 Å². The normalized spacial score (nSPS) is 12.7. The van der Waals surface area contributed by atoms with Gasteiger partial charge in [-0.25, -0.2) is 8.78 Å². The molecule has 0 aliphatic carbocycles. The molecule has 4 heteroatoms. The van der Waals surface area contributed by atoms with Crippen LogP contribution in [0.2, 0.25) is 0 Å². The summed E-state index contributed by atoms with van der Waals surface area (Å²) >= 11 is 0. The molecule has 96 valence electrons. The minimum Gasteiger partial charge on any atom is -0.353 e. The van der Waals surface area contributed by atoms with E-state index in [1.54, 1.807) is 0 Å². The van der Waals surface area contributed by atoms with E-state index in [0.717, 1.165) is 17.8 Å². The van der Waals surface area contributed by atoms with Gasteiger partial charge in [-0.15, -0.1) is 0 Å². The van der Waals surface area contributed by atoms with Crippen LogP contribution in [0, 0.1) is 11.6 Å². The molecule has 0 saturated carbocycles. The summed E-state index contributed by atoms with van der Waals surface area (Å²) in [6.07, 6.45) is 1.95. The van der Waals surface area contributed by atoms with Crippen molar-refractivity contribution in [2.24, 2.45) is 7.05 Å². The summed E-state index contributed by atoms with van der Waals surface area (Å²) in [5, 5.41) is 3.18. The highest BCUT2D eigenvalue weighted by atomic mass is 19.1. The van der Waals surface area contributed by atoms with Gasteiger partial charge in [-0.05, 0) is 37.3 Å². The first-order valence-corrected chi connectivity index (χ1v) is 5.86. The number of rotatable bonds is 4. The fraction of sp³-hybridized carbons (Fsp3) is 0.286. The number of halogens is 2. The van der Waals surface area contributed by atoms with Crippen molar-refractivity contribution in [2.75, 3.05) is 0 Å². The zero-order valence-electron chi connectivity index (χ0n) is 10.5. The highest BCUT2D eigenvalue weighted by Crippen LogP contribution is 2.18. The van der Waals surface area contributed by atoms with Gasteiger partial charge in [0.2, 0.25) is 0 Å². The number of aromatic nitrogens is 1. The van der Waals surface area contributed by atoms with Crippen LogP contribution in [-0.2, 0) is 13.6 Å². The minimum atomic E-state index is -0.418. The number of benzene rings is 1. The smallest absolute Gasteiger partial charge is 0.128 e. The largest absolute Gasteiger partial charge is 0.353 e. The molecule has 1 unspecified atom stereocenters. The van der Waals surface area contributed by atoms with Crippen molar-refractivity contribution in [2.45, 2.75) is 19.5 Å². The Morgan fingerprint density at radius 1 is 1.28 bits per heavy atom. The summed E-state index contributed by atoms with van der Waals surface area (Å²) in [5.74, 6) is -0.804. The molecular formula is C14H16F2N2. The summed E-state index contributed by atoms with van der Waals surface area (Å²) in [7, 11) is 1.95. The van der Waals surface area contributed by atoms with Crippen LogP contribution in [0.15, 0.2) is 36.5 Å². The van der Waals surface area contributed by atoms with Crippen LogP contribution >= 0.6 is 0 Å². The van der Waals surface area contributed by atoms with Gasteiger partial charge >= 0.3 is 0 Å². The summed E-state index contributed by atoms with van der Waals surface area (Å²) in [5.41, 5.74) is 1.45. The van der Waals surface area contributed by atoms with Crippen molar-refractivity contribution in [3.8, 4) is 0 Å². The van der Waals surface area contributed by atoms with E-state index < -0.39 is 5.82 Å². The zero-order chi connectivity index (χ0) is 13.1. The van der Waals surface area contributed by atoms with Crippen LogP contribution < -0.4 is 5.32 Å². The summed E-state index contributed by atoms with van der Waals surface area (Å²) < 4.78 is 28.6. The van der Waals surface area contributed by atoms with Crippen molar-refractivity contribution in [3.63, 3.8) is 0 Å². The molecule has 2 nitrogen and oxygen atoms in total. The van der Waals surface area contributed by atoms with Gasteiger partial charge in [0.25, 0.3) is 0 Å². The molecule has 0 bridgehead atoms. The Kier molecular flexibility index (Phi) is 3.77. The highest BCUT2D eigenvalue weighted by Gasteiger charge is 2.11. The number of nitrogens with zero attached hydrogens (tertiary/aromatic N) is 1. The van der Waals surface area contributed by atoms with E-state index in [1.165, 1.54) is 6.07 Å². The number of hydrogen-bond acceptors (Lipinski definition) is 1. The molecule has 0 aliphatic rings. The fourth-order valence-corrected chi connectivity index (χ4v) is 1.89. The Morgan fingerprint density at radius 2 is 2.06 bits per heavy atom. The molecule has 0 aliphatic heterocycles. The maximum atomic E-state index is 13.6. The van der Waals surface area contributed by atoms with Crippen molar-refractivity contribution in [3.05, 3.63) is 59.4 Å². The second-order valence-electron chi connectivity index (χ2n) is 4.38. The number of aryl methyl sites for hydroxylation is 1. The number of nitrogens with one attached hydrogen (secondary N) is 1. The van der Waals surface area contributed by atoms with Crippen LogP contribution in [0.3, 0.4) is 0 Å². The average Bonchev–Trinajstić information content (AvgIpc) is 2.75. The molecule has 1 atom stereocenters. The summed E-state index contributed by atoms with van der Waals surface area (Å²) in [4.78, 5) is 0. The van der Waals surface area contributed by atoms with Gasteiger partial charge in [-0.3, -0.25) is 0 Å². The van der Waals surface area contributed by atoms with Gasteiger partial charge in [0.05, 0.1) is 0 Å². The van der Waals surface area contributed by atoms with E-state index in [9.17, 15) is 8.78 Å². The summed E-state index contributed by atoms with van der Waals surface area (Å²) in [6.45, 7) is 2.43. The molecule has 1 N–H and O–H groups in total. The average molecular weight is 250 g/mol. The van der Waals surface area contributed by atoms with Crippen LogP contribution in [-0.4, -0.2) is 4.57 Å². The van der Waals surface area contributed by atoms with E-state index in [-0.39, 0.29) is 11.9 Å². The Balaban J connectivity index is 2.06. The van der Waals surface area contributed by atoms with Gasteiger partial charge in [-0.1, -0.05) is 0 Å². The lowest BCUT2D eigenvalue weighted by molar-refractivity contribution is 0.511. The van der Waals surface area contributed by atoms with Crippen molar-refractivity contribution >= 4 is 0 Å². The van der Waals surface area contributed by atoms with Gasteiger partial charge < -0.3 is 9.88 Å². The molecule has 2 rings (SSSR count). The lowest BCUT2D eigenvalue weighted by Crippen LogP contribution is -2.20. The third-order valence-electron chi connectivity index (χ3n) is 3.07. The van der Waals surface area contributed by atoms with Crippen LogP contribution in [0.1, 0.15) is 24.2 Å². The van der Waals surface area contributed by atoms with Gasteiger partial charge in [0, 0.05) is 37.1 Å². The standard InChI is InChI=1S/C14H16F2N2/c1-10(13-8-11(15)5-6-14(13)16)17-9-12-4-3-7-18(12)2/h3-8,10,17H,9H2,1-2H3. The third kappa shape index (κ3) is 2.76. The first-order valence-electron chi connectivity index (χ1n) is 5.86. The minimum absolute atomic E-state index is 0.240. The first-order chi connectivity index (χ1) is 8.58. The summed E-state index contributed by atoms with van der Waals surface area (Å²) in [6, 6.07) is 7.22. The van der Waals surface area contributed by atoms with Crippen molar-refractivity contribution < 1.29 is 8.78 Å². The lowest BCUT2D eigenvalue weighted by atomic mass is 10.1. The maximum Gasteiger partial charge on any atom is 0.128 e. The lowest BCUT2D eigenvalue weighted by Gasteiger charge is -2.15. The quantitative estimate of drug-likeness (QED) is 0.882. The predicted octanol–water partition coefficient (Wildman–Crippen LogP) is 3.15. The molecule has 0 amide bonds. The fourth-order valence-electron chi connectivity index (χ4n) is 1.89. The Hall–Kier alpha value is -1.68. The van der Waals surface area contributed by atoms with E-state index in [2.05, 4.69) is 5.32 Å². The Morgan fingerprint density at radius 3 is 2.72 bits per heavy atom. The molecule has 1 aromatic carbocycles. The molecule has 18 heavy (non-hydrogen) atoms. The molecule has 0 radical (unpaired) electrons. The SMILES string of the molecule is CC(NCc1cccn1C)c1cc(F)ccc1F. The van der Waals surface area contributed by atoms with Crippen LogP contribution in [0.25, 0.3) is 0 Å². The van der Waals surface area contributed by atoms with E-state index in [4.69, 9.17) is 0 Å². The van der Waals surface area contributed by atoms with Crippen molar-refractivity contribution in [1.29, 1.82) is 0 Å². The van der Waals surface area contributed by atoms with Gasteiger partial charge in [0.1, 0.15) is 11.6 Å². The zero-order valence-corrected chi connectivity index (χ0v) is 10.5. The Bertz CT molecular complexity index is 534. The highest BCUT2D eigenvalue weighted by molar-refractivity contribution is 5.22. The molecule has 0 spiro atoms. The monoisotopic (exact) mass is 250 g/mol. The van der Waals surface area contributed by atoms with Crippen LogP contribution in [0.4, 0.5) is 8.78 Å². The molecule has 2 aromatic rings. The van der Waals surface area contributed by atoms with Crippen molar-refractivity contribution in [1.82, 2.24) is 9.88 Å². The second-order valence-corrected chi connectivity index (χ2v) is 4.38. The molecule has 1 aromatic heterocycles. The molecule has 0 saturated heterocycles. The molecule has 1 heterocycles. The number of hydrogen-bond donors (Lipinski definition) is 1. The first kappa shape index (κ1) is 12.8. The molecule has 0 fully saturated rings. The van der Waals surface area contributed by atoms with Crippen LogP contribution in [0.5, 0.6) is 0 Å². The van der Waals surface area contributed by atoms with E-state index >= 15 is 0 Å². The second kappa shape index (κ2) is 5.31. The predicted molar refractivity (Wildman–Crippen MR) is 67.0 cm³/mol. The molecular weight excluding hydrogens is 234 g/mol. The van der Waals surface area contributed by atoms with Gasteiger partial charge in [0.15, 0.2) is 0 Å².